The Bertz CT molecular complexity index is 631. The molecular weight excluding hydrogens is 236 g/mol. The van der Waals surface area contributed by atoms with Crippen LogP contribution in [0.25, 0.3) is 10.9 Å². The van der Waals surface area contributed by atoms with Crippen molar-refractivity contribution in [2.24, 2.45) is 12.2 Å². The highest BCUT2D eigenvalue weighted by Crippen LogP contribution is 2.26. The summed E-state index contributed by atoms with van der Waals surface area (Å²) in [7, 11) is -1.94. The summed E-state index contributed by atoms with van der Waals surface area (Å²) in [5.74, 6) is 0. The minimum Gasteiger partial charge on any atom is -0.349 e. The van der Waals surface area contributed by atoms with Gasteiger partial charge in [0.15, 0.2) is 0 Å². The SMILES string of the molecule is Cn1cc(S(N)(=O)=O)c2ccc(Cl)cc21. The van der Waals surface area contributed by atoms with Crippen molar-refractivity contribution < 1.29 is 8.42 Å². The van der Waals surface area contributed by atoms with Crippen LogP contribution in [0.3, 0.4) is 0 Å². The molecule has 0 bridgehead atoms. The van der Waals surface area contributed by atoms with Crippen LogP contribution in [0, 0.1) is 0 Å². The highest BCUT2D eigenvalue weighted by Gasteiger charge is 2.15. The first-order valence-electron chi connectivity index (χ1n) is 4.17. The number of halogens is 1. The predicted octanol–water partition coefficient (Wildman–Crippen LogP) is 1.48. The van der Waals surface area contributed by atoms with Crippen LogP contribution in [-0.2, 0) is 17.1 Å². The monoisotopic (exact) mass is 244 g/mol. The third-order valence-corrected chi connectivity index (χ3v) is 3.40. The topological polar surface area (TPSA) is 65.1 Å². The van der Waals surface area contributed by atoms with Crippen molar-refractivity contribution in [2.45, 2.75) is 4.90 Å². The van der Waals surface area contributed by atoms with E-state index in [1.54, 1.807) is 29.8 Å². The van der Waals surface area contributed by atoms with E-state index in [1.165, 1.54) is 6.20 Å². The molecular formula is C9H9ClN2O2S. The molecule has 80 valence electrons. The second kappa shape index (κ2) is 3.23. The van der Waals surface area contributed by atoms with Crippen molar-refractivity contribution >= 4 is 32.5 Å². The van der Waals surface area contributed by atoms with E-state index in [1.807, 2.05) is 0 Å². The van der Waals surface area contributed by atoms with Crippen LogP contribution in [-0.4, -0.2) is 13.0 Å². The van der Waals surface area contributed by atoms with Gasteiger partial charge in [-0.3, -0.25) is 0 Å². The highest BCUT2D eigenvalue weighted by molar-refractivity contribution is 7.89. The summed E-state index contributed by atoms with van der Waals surface area (Å²) < 4.78 is 24.2. The number of hydrogen-bond donors (Lipinski definition) is 1. The van der Waals surface area contributed by atoms with Gasteiger partial charge in [0, 0.05) is 23.7 Å². The molecule has 0 saturated carbocycles. The number of primary sulfonamides is 1. The Balaban J connectivity index is 2.92. The molecule has 0 unspecified atom stereocenters. The fourth-order valence-electron chi connectivity index (χ4n) is 1.55. The van der Waals surface area contributed by atoms with E-state index >= 15 is 0 Å². The summed E-state index contributed by atoms with van der Waals surface area (Å²) in [6.45, 7) is 0. The number of nitrogens with zero attached hydrogens (tertiary/aromatic N) is 1. The standard InChI is InChI=1S/C9H9ClN2O2S/c1-12-5-9(15(11,13)14)7-3-2-6(10)4-8(7)12/h2-5H,1H3,(H2,11,13,14). The van der Waals surface area contributed by atoms with Gasteiger partial charge in [0.1, 0.15) is 4.90 Å². The van der Waals surface area contributed by atoms with Gasteiger partial charge in [-0.1, -0.05) is 11.6 Å². The van der Waals surface area contributed by atoms with Crippen LogP contribution in [0.1, 0.15) is 0 Å². The minimum atomic E-state index is -3.69. The van der Waals surface area contributed by atoms with Gasteiger partial charge in [0.25, 0.3) is 0 Å². The Hall–Kier alpha value is -1.04. The number of aromatic nitrogens is 1. The molecule has 0 aliphatic carbocycles. The molecule has 0 spiro atoms. The van der Waals surface area contributed by atoms with E-state index in [0.29, 0.717) is 10.4 Å². The third-order valence-electron chi connectivity index (χ3n) is 2.22. The van der Waals surface area contributed by atoms with Gasteiger partial charge >= 0.3 is 0 Å². The number of sulfonamides is 1. The van der Waals surface area contributed by atoms with Crippen molar-refractivity contribution in [1.82, 2.24) is 4.57 Å². The Morgan fingerprint density at radius 3 is 2.67 bits per heavy atom. The lowest BCUT2D eigenvalue weighted by atomic mass is 10.2. The van der Waals surface area contributed by atoms with Crippen molar-refractivity contribution in [1.29, 1.82) is 0 Å². The van der Waals surface area contributed by atoms with E-state index < -0.39 is 10.0 Å². The third kappa shape index (κ3) is 1.73. The number of hydrogen-bond acceptors (Lipinski definition) is 2. The van der Waals surface area contributed by atoms with Crippen LogP contribution in [0.5, 0.6) is 0 Å². The van der Waals surface area contributed by atoms with Gasteiger partial charge in [0.2, 0.25) is 10.0 Å². The fourth-order valence-corrected chi connectivity index (χ4v) is 2.50. The average molecular weight is 245 g/mol. The number of fused-ring (bicyclic) bond motifs is 1. The van der Waals surface area contributed by atoms with Crippen LogP contribution in [0.2, 0.25) is 5.02 Å². The number of nitrogens with two attached hydrogens (primary N) is 1. The van der Waals surface area contributed by atoms with Crippen LogP contribution >= 0.6 is 11.6 Å². The molecule has 15 heavy (non-hydrogen) atoms. The second-order valence-corrected chi connectivity index (χ2v) is 5.28. The van der Waals surface area contributed by atoms with E-state index in [2.05, 4.69) is 0 Å². The predicted molar refractivity (Wildman–Crippen MR) is 59.3 cm³/mol. The summed E-state index contributed by atoms with van der Waals surface area (Å²) in [6.07, 6.45) is 1.48. The molecule has 6 heteroatoms. The molecule has 1 heterocycles. The first kappa shape index (κ1) is 10.5. The van der Waals surface area contributed by atoms with Crippen LogP contribution < -0.4 is 5.14 Å². The van der Waals surface area contributed by atoms with Crippen molar-refractivity contribution in [3.63, 3.8) is 0 Å². The molecule has 1 aromatic carbocycles. The second-order valence-electron chi connectivity index (χ2n) is 3.31. The number of aryl methyl sites for hydroxylation is 1. The lowest BCUT2D eigenvalue weighted by Crippen LogP contribution is -2.11. The van der Waals surface area contributed by atoms with Gasteiger partial charge in [-0.05, 0) is 18.2 Å². The maximum absolute atomic E-state index is 11.3. The summed E-state index contributed by atoms with van der Waals surface area (Å²) in [5.41, 5.74) is 0.742. The zero-order valence-corrected chi connectivity index (χ0v) is 9.51. The first-order valence-corrected chi connectivity index (χ1v) is 6.09. The molecule has 0 amide bonds. The zero-order valence-electron chi connectivity index (χ0n) is 7.94. The largest absolute Gasteiger partial charge is 0.349 e. The van der Waals surface area contributed by atoms with Crippen LogP contribution in [0.15, 0.2) is 29.3 Å². The minimum absolute atomic E-state index is 0.122. The summed E-state index contributed by atoms with van der Waals surface area (Å²) in [6, 6.07) is 4.99. The van der Waals surface area contributed by atoms with Gasteiger partial charge < -0.3 is 4.57 Å². The molecule has 0 saturated heterocycles. The molecule has 1 aromatic heterocycles. The molecule has 2 rings (SSSR count). The molecule has 4 nitrogen and oxygen atoms in total. The van der Waals surface area contributed by atoms with Crippen molar-refractivity contribution in [2.75, 3.05) is 0 Å². The lowest BCUT2D eigenvalue weighted by Gasteiger charge is -1.96. The first-order chi connectivity index (χ1) is 6.89. The summed E-state index contributed by atoms with van der Waals surface area (Å²) in [5, 5.41) is 6.25. The molecule has 2 N–H and O–H groups in total. The maximum Gasteiger partial charge on any atom is 0.240 e. The van der Waals surface area contributed by atoms with E-state index in [0.717, 1.165) is 5.52 Å². The van der Waals surface area contributed by atoms with E-state index in [4.69, 9.17) is 16.7 Å². The van der Waals surface area contributed by atoms with Gasteiger partial charge in [-0.15, -0.1) is 0 Å². The van der Waals surface area contributed by atoms with Crippen LogP contribution in [0.4, 0.5) is 0 Å². The van der Waals surface area contributed by atoms with E-state index in [-0.39, 0.29) is 4.90 Å². The molecule has 0 fully saturated rings. The molecule has 0 radical (unpaired) electrons. The highest BCUT2D eigenvalue weighted by atomic mass is 35.5. The zero-order chi connectivity index (χ0) is 11.2. The quantitative estimate of drug-likeness (QED) is 0.826. The molecule has 0 atom stereocenters. The molecule has 0 aliphatic rings. The average Bonchev–Trinajstić information content (AvgIpc) is 2.43. The number of benzene rings is 1. The number of rotatable bonds is 1. The van der Waals surface area contributed by atoms with Crippen molar-refractivity contribution in [3.8, 4) is 0 Å². The van der Waals surface area contributed by atoms with Gasteiger partial charge in [0.05, 0.1) is 5.52 Å². The Morgan fingerprint density at radius 2 is 2.07 bits per heavy atom. The van der Waals surface area contributed by atoms with Crippen molar-refractivity contribution in [3.05, 3.63) is 29.4 Å². The smallest absolute Gasteiger partial charge is 0.240 e. The summed E-state index contributed by atoms with van der Waals surface area (Å²) in [4.78, 5) is 0.122. The normalized spacial score (nSPS) is 12.2. The Morgan fingerprint density at radius 1 is 1.40 bits per heavy atom. The fraction of sp³-hybridized carbons (Fsp3) is 0.111. The van der Waals surface area contributed by atoms with E-state index in [9.17, 15) is 8.42 Å². The van der Waals surface area contributed by atoms with Gasteiger partial charge in [-0.2, -0.15) is 0 Å². The molecule has 0 aliphatic heterocycles. The Kier molecular flexibility index (Phi) is 2.26. The van der Waals surface area contributed by atoms with Gasteiger partial charge in [-0.25, -0.2) is 13.6 Å². The lowest BCUT2D eigenvalue weighted by molar-refractivity contribution is 0.598. The Labute approximate surface area is 92.3 Å². The maximum atomic E-state index is 11.3. The molecule has 2 aromatic rings. The summed E-state index contributed by atoms with van der Waals surface area (Å²) >= 11 is 5.82.